The number of halogens is 5. The van der Waals surface area contributed by atoms with Gasteiger partial charge in [-0.2, -0.15) is 31.8 Å². The van der Waals surface area contributed by atoms with Gasteiger partial charge in [0.1, 0.15) is 16.8 Å². The minimum absolute atomic E-state index is 0.0536. The lowest BCUT2D eigenvalue weighted by molar-refractivity contribution is -0.0499. The monoisotopic (exact) mass is 606 g/mol. The summed E-state index contributed by atoms with van der Waals surface area (Å²) in [5.74, 6) is -0.585. The Balaban J connectivity index is 0.000000203. The highest BCUT2D eigenvalue weighted by Crippen LogP contribution is 2.35. The fourth-order valence-corrected chi connectivity index (χ4v) is 3.75. The normalized spacial score (nSPS) is 11.5. The Hall–Kier alpha value is -3.34. The number of alkyl halides is 3. The highest BCUT2D eigenvalue weighted by Gasteiger charge is 2.48. The number of aromatic nitrogens is 4. The summed E-state index contributed by atoms with van der Waals surface area (Å²) < 4.78 is 66.6. The number of nitrogens with zero attached hydrogens (tertiary/aromatic N) is 6. The molecule has 0 radical (unpaired) electrons. The molecule has 0 atom stereocenters. The molecule has 4 aromatic heterocycles. The van der Waals surface area contributed by atoms with Crippen LogP contribution in [-0.2, 0) is 10.1 Å². The SMILES string of the molecule is [C-]#[N+]c1cnn2cc(Br)cc(O)c12.[C-]#[N+]c1cnn2cc(Br)cc(OS(=O)(=O)C(F)(F)F)c12. The Morgan fingerprint density at radius 2 is 1.45 bits per heavy atom. The van der Waals surface area contributed by atoms with E-state index in [1.165, 1.54) is 23.0 Å². The van der Waals surface area contributed by atoms with Crippen LogP contribution in [0.5, 0.6) is 11.5 Å². The van der Waals surface area contributed by atoms with Gasteiger partial charge in [0.05, 0.1) is 25.5 Å². The number of rotatable bonds is 2. The first-order valence-electron chi connectivity index (χ1n) is 8.16. The van der Waals surface area contributed by atoms with Crippen LogP contribution in [0.4, 0.5) is 24.5 Å². The number of hydrogen-bond acceptors (Lipinski definition) is 6. The van der Waals surface area contributed by atoms with Crippen molar-refractivity contribution < 1.29 is 30.9 Å². The Kier molecular flexibility index (Phi) is 6.55. The molecule has 0 bridgehead atoms. The van der Waals surface area contributed by atoms with Crippen molar-refractivity contribution in [2.24, 2.45) is 0 Å². The van der Waals surface area contributed by atoms with Gasteiger partial charge in [-0.3, -0.25) is 0 Å². The molecule has 0 spiro atoms. The first-order valence-corrected chi connectivity index (χ1v) is 11.2. The lowest BCUT2D eigenvalue weighted by atomic mass is 10.3. The van der Waals surface area contributed by atoms with Crippen molar-refractivity contribution in [3.05, 3.63) is 68.7 Å². The van der Waals surface area contributed by atoms with Gasteiger partial charge in [0, 0.05) is 21.3 Å². The third kappa shape index (κ3) is 4.87. The summed E-state index contributed by atoms with van der Waals surface area (Å²) in [6.07, 6.45) is 5.54. The molecule has 0 aliphatic carbocycles. The highest BCUT2D eigenvalue weighted by molar-refractivity contribution is 9.10. The summed E-state index contributed by atoms with van der Waals surface area (Å²) in [5, 5.41) is 17.2. The molecule has 0 saturated carbocycles. The Labute approximate surface area is 199 Å². The first-order chi connectivity index (χ1) is 15.4. The molecule has 10 nitrogen and oxygen atoms in total. The molecule has 4 aromatic rings. The molecule has 1 N–H and O–H groups in total. The van der Waals surface area contributed by atoms with E-state index >= 15 is 0 Å². The maximum atomic E-state index is 12.3. The average Bonchev–Trinajstić information content (AvgIpc) is 3.30. The van der Waals surface area contributed by atoms with E-state index in [0.717, 1.165) is 21.3 Å². The van der Waals surface area contributed by atoms with Crippen molar-refractivity contribution in [3.63, 3.8) is 0 Å². The van der Waals surface area contributed by atoms with Gasteiger partial charge in [0.25, 0.3) is 0 Å². The molecule has 0 saturated heterocycles. The van der Waals surface area contributed by atoms with E-state index in [1.807, 2.05) is 0 Å². The molecule has 0 unspecified atom stereocenters. The fraction of sp³-hybridized carbons (Fsp3) is 0.0588. The number of fused-ring (bicyclic) bond motifs is 2. The van der Waals surface area contributed by atoms with E-state index in [1.54, 1.807) is 6.20 Å². The molecule has 0 aliphatic rings. The van der Waals surface area contributed by atoms with E-state index in [0.29, 0.717) is 11.2 Å². The third-order valence-electron chi connectivity index (χ3n) is 3.79. The molecule has 4 rings (SSSR count). The molecule has 16 heteroatoms. The van der Waals surface area contributed by atoms with Crippen molar-refractivity contribution in [3.8, 4) is 11.5 Å². The van der Waals surface area contributed by atoms with Gasteiger partial charge < -0.3 is 9.29 Å². The van der Waals surface area contributed by atoms with Gasteiger partial charge in [0.15, 0.2) is 5.75 Å². The summed E-state index contributed by atoms with van der Waals surface area (Å²) in [5.41, 5.74) is -5.07. The van der Waals surface area contributed by atoms with Crippen LogP contribution in [0.3, 0.4) is 0 Å². The van der Waals surface area contributed by atoms with Gasteiger partial charge in [-0.1, -0.05) is 0 Å². The van der Waals surface area contributed by atoms with Crippen LogP contribution >= 0.6 is 31.9 Å². The number of hydrogen-bond donors (Lipinski definition) is 1. The quantitative estimate of drug-likeness (QED) is 0.190. The van der Waals surface area contributed by atoms with Gasteiger partial charge >= 0.3 is 15.6 Å². The molecule has 0 amide bonds. The van der Waals surface area contributed by atoms with Crippen LogP contribution in [0, 0.1) is 13.1 Å². The predicted octanol–water partition coefficient (Wildman–Crippen LogP) is 5.23. The molecule has 33 heavy (non-hydrogen) atoms. The lowest BCUT2D eigenvalue weighted by Crippen LogP contribution is -2.28. The largest absolute Gasteiger partial charge is 0.534 e. The minimum Gasteiger partial charge on any atom is -0.507 e. The summed E-state index contributed by atoms with van der Waals surface area (Å²) in [6.45, 7) is 13.7. The van der Waals surface area contributed by atoms with Crippen molar-refractivity contribution in [2.45, 2.75) is 5.51 Å². The van der Waals surface area contributed by atoms with Crippen molar-refractivity contribution in [2.75, 3.05) is 0 Å². The predicted molar refractivity (Wildman–Crippen MR) is 116 cm³/mol. The lowest BCUT2D eigenvalue weighted by Gasteiger charge is -2.11. The maximum absolute atomic E-state index is 12.3. The van der Waals surface area contributed by atoms with E-state index in [4.69, 9.17) is 13.1 Å². The van der Waals surface area contributed by atoms with Crippen LogP contribution in [0.25, 0.3) is 20.7 Å². The summed E-state index contributed by atoms with van der Waals surface area (Å²) in [4.78, 5) is 6.28. The van der Waals surface area contributed by atoms with Crippen molar-refractivity contribution in [1.29, 1.82) is 0 Å². The van der Waals surface area contributed by atoms with E-state index < -0.39 is 21.4 Å². The number of pyridine rings is 2. The van der Waals surface area contributed by atoms with Gasteiger partial charge in [0.2, 0.25) is 11.4 Å². The smallest absolute Gasteiger partial charge is 0.507 e. The Morgan fingerprint density at radius 3 is 1.97 bits per heavy atom. The van der Waals surface area contributed by atoms with Crippen molar-refractivity contribution in [1.82, 2.24) is 19.2 Å². The first kappa shape index (κ1) is 24.3. The van der Waals surface area contributed by atoms with Crippen LogP contribution in [0.1, 0.15) is 0 Å². The third-order valence-corrected chi connectivity index (χ3v) is 5.62. The Morgan fingerprint density at radius 1 is 0.970 bits per heavy atom. The van der Waals surface area contributed by atoms with E-state index in [-0.39, 0.29) is 21.4 Å². The second-order valence-corrected chi connectivity index (χ2v) is 9.29. The van der Waals surface area contributed by atoms with Crippen LogP contribution in [-0.4, -0.2) is 38.3 Å². The minimum atomic E-state index is -5.83. The Bertz CT molecular complexity index is 1570. The summed E-state index contributed by atoms with van der Waals surface area (Å²) in [6, 6.07) is 2.54. The topological polar surface area (TPSA) is 107 Å². The molecule has 0 aliphatic heterocycles. The molecule has 0 aromatic carbocycles. The summed E-state index contributed by atoms with van der Waals surface area (Å²) in [7, 11) is -5.83. The standard InChI is InChI=1S/C9H3BrF3N3O3S.C8H4BrN3O/c1-14-6-3-15-16-4-5(10)2-7(8(6)16)19-20(17,18)9(11,12)13;1-10-6-3-11-12-4-5(9)2-7(13)8(6)12/h2-4H;2-4,13H. The fourth-order valence-electron chi connectivity index (χ4n) is 2.48. The molecule has 4 heterocycles. The molecule has 0 fully saturated rings. The van der Waals surface area contributed by atoms with Gasteiger partial charge in [-0.25, -0.2) is 18.7 Å². The molecule has 170 valence electrons. The average molecular weight is 608 g/mol. The van der Waals surface area contributed by atoms with Crippen molar-refractivity contribution >= 4 is 64.4 Å². The highest BCUT2D eigenvalue weighted by atomic mass is 79.9. The van der Waals surface area contributed by atoms with Crippen LogP contribution < -0.4 is 4.18 Å². The van der Waals surface area contributed by atoms with Crippen LogP contribution in [0.15, 0.2) is 45.9 Å². The zero-order valence-corrected chi connectivity index (χ0v) is 19.6. The van der Waals surface area contributed by atoms with Gasteiger partial charge in [-0.15, -0.1) is 0 Å². The number of aromatic hydroxyl groups is 1. The molecular formula is C17H7Br2F3N6O4S. The second kappa shape index (κ2) is 8.89. The zero-order chi connectivity index (χ0) is 24.6. The van der Waals surface area contributed by atoms with Crippen LogP contribution in [0.2, 0.25) is 0 Å². The second-order valence-electron chi connectivity index (χ2n) is 5.92. The molecular weight excluding hydrogens is 601 g/mol. The summed E-state index contributed by atoms with van der Waals surface area (Å²) >= 11 is 6.19. The van der Waals surface area contributed by atoms with E-state index in [2.05, 4.69) is 55.9 Å². The maximum Gasteiger partial charge on any atom is 0.534 e. The van der Waals surface area contributed by atoms with Gasteiger partial charge in [-0.05, 0) is 44.0 Å². The zero-order valence-electron chi connectivity index (χ0n) is 15.6. The van der Waals surface area contributed by atoms with E-state index in [9.17, 15) is 26.7 Å².